The molecule has 0 heterocycles. The van der Waals surface area contributed by atoms with Gasteiger partial charge in [0.2, 0.25) is 0 Å². The number of carbonyl (C=O) groups excluding carboxylic acids is 1. The van der Waals surface area contributed by atoms with Crippen molar-refractivity contribution in [3.05, 3.63) is 30.3 Å². The third-order valence-corrected chi connectivity index (χ3v) is 4.11. The first-order valence-electron chi connectivity index (χ1n) is 3.36. The van der Waals surface area contributed by atoms with Crippen LogP contribution in [-0.2, 0) is 11.0 Å². The summed E-state index contributed by atoms with van der Waals surface area (Å²) >= 11 is -3.01. The van der Waals surface area contributed by atoms with Gasteiger partial charge < -0.3 is 0 Å². The van der Waals surface area contributed by atoms with Gasteiger partial charge in [-0.2, -0.15) is 0 Å². The molecule has 0 saturated carbocycles. The van der Waals surface area contributed by atoms with Crippen molar-refractivity contribution in [3.63, 3.8) is 0 Å². The van der Waals surface area contributed by atoms with E-state index >= 15 is 0 Å². The molecule has 0 atom stereocenters. The minimum absolute atomic E-state index is 0.481. The Bertz CT molecular complexity index is 294. The summed E-state index contributed by atoms with van der Waals surface area (Å²) in [6, 6.07) is 8.76. The fraction of sp³-hybridized carbons (Fsp3) is 0.125. The summed E-state index contributed by atoms with van der Waals surface area (Å²) in [5.74, 6) is -0.481. The van der Waals surface area contributed by atoms with E-state index in [9.17, 15) is 7.90 Å². The minimum atomic E-state index is -3.01. The van der Waals surface area contributed by atoms with Gasteiger partial charge in [-0.3, -0.25) is 0 Å². The fourth-order valence-corrected chi connectivity index (χ4v) is 2.65. The molecule has 64 valence electrons. The molecule has 0 spiro atoms. The van der Waals surface area contributed by atoms with Gasteiger partial charge in [0.15, 0.2) is 0 Å². The number of rotatable bonds is 2. The van der Waals surface area contributed by atoms with E-state index < -0.39 is 25.9 Å². The van der Waals surface area contributed by atoms with Crippen molar-refractivity contribution < 1.29 is 11.0 Å². The Hall–Kier alpha value is -0.720. The summed E-state index contributed by atoms with van der Waals surface area (Å²) in [6.07, 6.45) is 0. The average molecular weight is 280 g/mol. The predicted octanol–water partition coefficient (Wildman–Crippen LogP) is 0.375. The summed E-state index contributed by atoms with van der Waals surface area (Å²) in [7, 11) is 0. The molecule has 3 nitrogen and oxygen atoms in total. The second-order valence-corrected chi connectivity index (χ2v) is 5.28. The summed E-state index contributed by atoms with van der Waals surface area (Å²) in [5.41, 5.74) is 0. The quantitative estimate of drug-likeness (QED) is 0.735. The average Bonchev–Trinajstić information content (AvgIpc) is 2.05. The molecule has 4 heteroatoms. The summed E-state index contributed by atoms with van der Waals surface area (Å²) in [4.78, 5) is 10.4. The van der Waals surface area contributed by atoms with Crippen LogP contribution in [0.15, 0.2) is 30.3 Å². The monoisotopic (exact) mass is 282 g/mol. The Morgan fingerprint density at radius 1 is 1.33 bits per heavy atom. The van der Waals surface area contributed by atoms with Crippen LogP contribution in [0.1, 0.15) is 6.92 Å². The van der Waals surface area contributed by atoms with Crippen LogP contribution >= 0.6 is 0 Å². The first-order valence-corrected chi connectivity index (χ1v) is 6.42. The van der Waals surface area contributed by atoms with Gasteiger partial charge in [-0.15, -0.1) is 0 Å². The van der Waals surface area contributed by atoms with Crippen molar-refractivity contribution in [2.24, 2.45) is 0 Å². The molecule has 0 aromatic heterocycles. The third-order valence-electron chi connectivity index (χ3n) is 1.13. The predicted molar refractivity (Wildman–Crippen MR) is 44.3 cm³/mol. The Balaban J connectivity index is 2.73. The molecule has 0 aliphatic heterocycles. The maximum absolute atomic E-state index is 11.3. The van der Waals surface area contributed by atoms with E-state index in [0.29, 0.717) is 3.61 Å². The molecule has 0 radical (unpaired) electrons. The summed E-state index contributed by atoms with van der Waals surface area (Å²) < 4.78 is 16.5. The van der Waals surface area contributed by atoms with Gasteiger partial charge in [0, 0.05) is 0 Å². The van der Waals surface area contributed by atoms with Crippen molar-refractivity contribution in [3.8, 4) is 0 Å². The van der Waals surface area contributed by atoms with Crippen LogP contribution in [0.25, 0.3) is 0 Å². The van der Waals surface area contributed by atoms with E-state index in [-0.39, 0.29) is 0 Å². The molecule has 0 fully saturated rings. The Kier molecular flexibility index (Phi) is 3.39. The van der Waals surface area contributed by atoms with Crippen LogP contribution in [0.2, 0.25) is 0 Å². The number of benzene rings is 1. The van der Waals surface area contributed by atoms with Crippen molar-refractivity contribution >= 4 is 29.5 Å². The Morgan fingerprint density at radius 2 is 1.92 bits per heavy atom. The van der Waals surface area contributed by atoms with Crippen molar-refractivity contribution in [2.45, 2.75) is 6.92 Å². The van der Waals surface area contributed by atoms with E-state index in [0.717, 1.165) is 0 Å². The van der Waals surface area contributed by atoms with Crippen LogP contribution in [0.5, 0.6) is 0 Å². The van der Waals surface area contributed by atoms with E-state index in [4.69, 9.17) is 0 Å². The van der Waals surface area contributed by atoms with E-state index in [1.54, 1.807) is 24.3 Å². The van der Waals surface area contributed by atoms with Gasteiger partial charge in [-0.1, -0.05) is 0 Å². The molecule has 0 saturated heterocycles. The first kappa shape index (κ1) is 9.37. The van der Waals surface area contributed by atoms with E-state index in [1.165, 1.54) is 6.92 Å². The molecule has 0 N–H and O–H groups in total. The molecule has 0 aliphatic carbocycles. The molecule has 0 aliphatic rings. The van der Waals surface area contributed by atoms with Gasteiger partial charge in [-0.05, 0) is 0 Å². The Morgan fingerprint density at radius 3 is 2.42 bits per heavy atom. The second-order valence-electron chi connectivity index (χ2n) is 2.12. The SMILES string of the molecule is CC(=O)O[Te](=O)c1ccccc1. The van der Waals surface area contributed by atoms with Gasteiger partial charge >= 0.3 is 77.8 Å². The van der Waals surface area contributed by atoms with Crippen molar-refractivity contribution in [1.82, 2.24) is 0 Å². The number of carbonyl (C=O) groups is 1. The molecule has 0 unspecified atom stereocenters. The van der Waals surface area contributed by atoms with Crippen LogP contribution < -0.4 is 3.61 Å². The molecule has 1 aromatic carbocycles. The van der Waals surface area contributed by atoms with Gasteiger partial charge in [0.25, 0.3) is 0 Å². The number of hydrogen-bond donors (Lipinski definition) is 0. The van der Waals surface area contributed by atoms with Gasteiger partial charge in [0.05, 0.1) is 0 Å². The van der Waals surface area contributed by atoms with Crippen molar-refractivity contribution in [2.75, 3.05) is 0 Å². The van der Waals surface area contributed by atoms with Gasteiger partial charge in [0.1, 0.15) is 0 Å². The fourth-order valence-electron chi connectivity index (χ4n) is 0.686. The topological polar surface area (TPSA) is 43.4 Å². The molecule has 1 aromatic rings. The summed E-state index contributed by atoms with van der Waals surface area (Å²) in [6.45, 7) is 1.26. The standard InChI is InChI=1S/C8H8O3Te/c1-7(9)11-12(10)8-5-3-2-4-6-8/h2-6H,1H3. The normalized spacial score (nSPS) is 9.83. The summed E-state index contributed by atoms with van der Waals surface area (Å²) in [5, 5.41) is 0. The van der Waals surface area contributed by atoms with Crippen molar-refractivity contribution in [1.29, 1.82) is 0 Å². The van der Waals surface area contributed by atoms with E-state index in [1.807, 2.05) is 6.07 Å². The maximum atomic E-state index is 11.3. The van der Waals surface area contributed by atoms with Crippen LogP contribution in [0.3, 0.4) is 0 Å². The molecular weight excluding hydrogens is 272 g/mol. The molecule has 12 heavy (non-hydrogen) atoms. The number of hydrogen-bond acceptors (Lipinski definition) is 3. The Labute approximate surface area is 77.9 Å². The molecule has 0 bridgehead atoms. The second kappa shape index (κ2) is 4.34. The first-order chi connectivity index (χ1) is 5.70. The van der Waals surface area contributed by atoms with Gasteiger partial charge in [-0.25, -0.2) is 0 Å². The van der Waals surface area contributed by atoms with Crippen LogP contribution in [-0.4, -0.2) is 25.9 Å². The molecule has 1 rings (SSSR count). The third kappa shape index (κ3) is 2.72. The molecule has 0 amide bonds. The molecular formula is C8H8O3Te. The zero-order chi connectivity index (χ0) is 8.97. The zero-order valence-corrected chi connectivity index (χ0v) is 8.85. The van der Waals surface area contributed by atoms with E-state index in [2.05, 4.69) is 3.10 Å². The zero-order valence-electron chi connectivity index (χ0n) is 6.52. The van der Waals surface area contributed by atoms with Crippen LogP contribution in [0, 0.1) is 0 Å². The van der Waals surface area contributed by atoms with Crippen LogP contribution in [0.4, 0.5) is 0 Å².